The summed E-state index contributed by atoms with van der Waals surface area (Å²) < 4.78 is 0. The van der Waals surface area contributed by atoms with Crippen molar-refractivity contribution in [2.45, 2.75) is 25.2 Å². The van der Waals surface area contributed by atoms with Gasteiger partial charge in [-0.3, -0.25) is 14.8 Å². The molecule has 2 aromatic heterocycles. The number of pyridine rings is 2. The molecule has 1 unspecified atom stereocenters. The molecule has 4 nitrogen and oxygen atoms in total. The summed E-state index contributed by atoms with van der Waals surface area (Å²) in [6.07, 6.45) is 8.38. The molecule has 4 rings (SSSR count). The topological polar surface area (TPSA) is 46.1 Å². The van der Waals surface area contributed by atoms with Gasteiger partial charge in [0.2, 0.25) is 0 Å². The van der Waals surface area contributed by atoms with Crippen molar-refractivity contribution in [1.82, 2.24) is 14.9 Å². The van der Waals surface area contributed by atoms with Gasteiger partial charge in [-0.25, -0.2) is 0 Å². The van der Waals surface area contributed by atoms with Crippen molar-refractivity contribution in [3.8, 4) is 11.3 Å². The minimum atomic E-state index is 0.0777. The summed E-state index contributed by atoms with van der Waals surface area (Å²) in [7, 11) is 0. The van der Waals surface area contributed by atoms with Crippen LogP contribution in [0.15, 0.2) is 73.2 Å². The zero-order valence-electron chi connectivity index (χ0n) is 15.3. The molecule has 0 radical (unpaired) electrons. The van der Waals surface area contributed by atoms with E-state index in [0.717, 1.165) is 43.6 Å². The Bertz CT molecular complexity index is 879. The SMILES string of the molecule is O=C(c1ccc(-c2cccnc2)nc1)N1CCCC(c2ccccc2)CC1. The van der Waals surface area contributed by atoms with Crippen LogP contribution in [-0.2, 0) is 0 Å². The standard InChI is InChI=1S/C23H23N3O/c27-23(21-10-11-22(25-17-21)20-8-4-13-24-16-20)26-14-5-9-19(12-15-26)18-6-2-1-3-7-18/h1-4,6-8,10-11,13,16-17,19H,5,9,12,14-15H2. The number of likely N-dealkylation sites (tertiary alicyclic amines) is 1. The molecule has 0 aliphatic carbocycles. The lowest BCUT2D eigenvalue weighted by Crippen LogP contribution is -2.32. The highest BCUT2D eigenvalue weighted by Gasteiger charge is 2.22. The van der Waals surface area contributed by atoms with Crippen molar-refractivity contribution in [3.63, 3.8) is 0 Å². The first kappa shape index (κ1) is 17.4. The third-order valence-electron chi connectivity index (χ3n) is 5.25. The number of hydrogen-bond acceptors (Lipinski definition) is 3. The molecule has 1 amide bonds. The first-order valence-corrected chi connectivity index (χ1v) is 9.52. The number of aromatic nitrogens is 2. The van der Waals surface area contributed by atoms with E-state index in [2.05, 4.69) is 40.3 Å². The maximum atomic E-state index is 12.9. The summed E-state index contributed by atoms with van der Waals surface area (Å²) in [5.74, 6) is 0.615. The van der Waals surface area contributed by atoms with Gasteiger partial charge in [0.1, 0.15) is 0 Å². The van der Waals surface area contributed by atoms with Crippen LogP contribution in [0.1, 0.15) is 41.1 Å². The second kappa shape index (κ2) is 8.12. The fourth-order valence-electron chi connectivity index (χ4n) is 3.75. The molecule has 1 aliphatic heterocycles. The highest BCUT2D eigenvalue weighted by molar-refractivity contribution is 5.94. The van der Waals surface area contributed by atoms with E-state index in [4.69, 9.17) is 0 Å². The van der Waals surface area contributed by atoms with Gasteiger partial charge in [0, 0.05) is 37.2 Å². The molecule has 1 fully saturated rings. The summed E-state index contributed by atoms with van der Waals surface area (Å²) in [5.41, 5.74) is 3.83. The first-order chi connectivity index (χ1) is 13.3. The summed E-state index contributed by atoms with van der Waals surface area (Å²) in [6.45, 7) is 1.61. The molecule has 0 N–H and O–H groups in total. The van der Waals surface area contributed by atoms with E-state index in [1.165, 1.54) is 5.56 Å². The Kier molecular flexibility index (Phi) is 5.24. The summed E-state index contributed by atoms with van der Waals surface area (Å²) in [5, 5.41) is 0. The van der Waals surface area contributed by atoms with E-state index in [1.807, 2.05) is 29.2 Å². The molecule has 27 heavy (non-hydrogen) atoms. The van der Waals surface area contributed by atoms with Crippen LogP contribution in [0.2, 0.25) is 0 Å². The van der Waals surface area contributed by atoms with Gasteiger partial charge in [0.05, 0.1) is 11.3 Å². The third-order valence-corrected chi connectivity index (χ3v) is 5.25. The van der Waals surface area contributed by atoms with Crippen molar-refractivity contribution < 1.29 is 4.79 Å². The Hall–Kier alpha value is -3.01. The quantitative estimate of drug-likeness (QED) is 0.691. The van der Waals surface area contributed by atoms with Crippen LogP contribution in [0, 0.1) is 0 Å². The fourth-order valence-corrected chi connectivity index (χ4v) is 3.75. The number of benzene rings is 1. The maximum Gasteiger partial charge on any atom is 0.255 e. The van der Waals surface area contributed by atoms with Crippen molar-refractivity contribution in [2.75, 3.05) is 13.1 Å². The zero-order chi connectivity index (χ0) is 18.5. The average molecular weight is 357 g/mol. The van der Waals surface area contributed by atoms with Gasteiger partial charge in [0.15, 0.2) is 0 Å². The van der Waals surface area contributed by atoms with E-state index < -0.39 is 0 Å². The van der Waals surface area contributed by atoms with Crippen LogP contribution in [0.25, 0.3) is 11.3 Å². The molecule has 1 atom stereocenters. The number of hydrogen-bond donors (Lipinski definition) is 0. The normalized spacial score (nSPS) is 17.3. The number of carbonyl (C=O) groups is 1. The Morgan fingerprint density at radius 2 is 1.81 bits per heavy atom. The predicted octanol–water partition coefficient (Wildman–Crippen LogP) is 4.55. The Labute approximate surface area is 159 Å². The van der Waals surface area contributed by atoms with Crippen LogP contribution in [0.3, 0.4) is 0 Å². The van der Waals surface area contributed by atoms with Crippen molar-refractivity contribution in [1.29, 1.82) is 0 Å². The molecule has 3 heterocycles. The van der Waals surface area contributed by atoms with Crippen LogP contribution in [0.4, 0.5) is 0 Å². The lowest BCUT2D eigenvalue weighted by atomic mass is 9.92. The van der Waals surface area contributed by atoms with E-state index in [0.29, 0.717) is 11.5 Å². The Morgan fingerprint density at radius 1 is 0.926 bits per heavy atom. The molecule has 0 spiro atoms. The highest BCUT2D eigenvalue weighted by Crippen LogP contribution is 2.28. The van der Waals surface area contributed by atoms with Crippen molar-refractivity contribution in [2.24, 2.45) is 0 Å². The maximum absolute atomic E-state index is 12.9. The van der Waals surface area contributed by atoms with Crippen molar-refractivity contribution >= 4 is 5.91 Å². The molecule has 1 aromatic carbocycles. The largest absolute Gasteiger partial charge is 0.339 e. The van der Waals surface area contributed by atoms with E-state index in [-0.39, 0.29) is 5.91 Å². The lowest BCUT2D eigenvalue weighted by molar-refractivity contribution is 0.0760. The summed E-state index contributed by atoms with van der Waals surface area (Å²) in [4.78, 5) is 23.5. The van der Waals surface area contributed by atoms with Crippen molar-refractivity contribution in [3.05, 3.63) is 84.3 Å². The van der Waals surface area contributed by atoms with Gasteiger partial charge in [-0.05, 0) is 55.0 Å². The molecule has 136 valence electrons. The third kappa shape index (κ3) is 4.05. The minimum Gasteiger partial charge on any atom is -0.339 e. The molecule has 3 aromatic rings. The van der Waals surface area contributed by atoms with E-state index in [1.54, 1.807) is 18.6 Å². The second-order valence-electron chi connectivity index (χ2n) is 7.00. The van der Waals surface area contributed by atoms with E-state index >= 15 is 0 Å². The second-order valence-corrected chi connectivity index (χ2v) is 7.00. The van der Waals surface area contributed by atoms with Gasteiger partial charge in [0.25, 0.3) is 5.91 Å². The smallest absolute Gasteiger partial charge is 0.255 e. The van der Waals surface area contributed by atoms with E-state index in [9.17, 15) is 4.79 Å². The predicted molar refractivity (Wildman–Crippen MR) is 106 cm³/mol. The molecular weight excluding hydrogens is 334 g/mol. The molecule has 1 saturated heterocycles. The molecule has 0 saturated carbocycles. The number of nitrogens with zero attached hydrogens (tertiary/aromatic N) is 3. The van der Waals surface area contributed by atoms with Gasteiger partial charge in [-0.1, -0.05) is 30.3 Å². The van der Waals surface area contributed by atoms with Gasteiger partial charge >= 0.3 is 0 Å². The first-order valence-electron chi connectivity index (χ1n) is 9.52. The number of amides is 1. The molecule has 1 aliphatic rings. The molecule has 0 bridgehead atoms. The Morgan fingerprint density at radius 3 is 2.56 bits per heavy atom. The molecule has 4 heteroatoms. The van der Waals surface area contributed by atoms with Crippen LogP contribution in [-0.4, -0.2) is 33.9 Å². The fraction of sp³-hybridized carbons (Fsp3) is 0.261. The molecular formula is C23H23N3O. The van der Waals surface area contributed by atoms with Gasteiger partial charge in [-0.15, -0.1) is 0 Å². The lowest BCUT2D eigenvalue weighted by Gasteiger charge is -2.21. The Balaban J connectivity index is 1.43. The van der Waals surface area contributed by atoms with Crippen LogP contribution < -0.4 is 0 Å². The number of carbonyl (C=O) groups excluding carboxylic acids is 1. The number of rotatable bonds is 3. The van der Waals surface area contributed by atoms with Crippen LogP contribution >= 0.6 is 0 Å². The highest BCUT2D eigenvalue weighted by atomic mass is 16.2. The average Bonchev–Trinajstić information content (AvgIpc) is 3.01. The van der Waals surface area contributed by atoms with Gasteiger partial charge in [-0.2, -0.15) is 0 Å². The summed E-state index contributed by atoms with van der Waals surface area (Å²) in [6, 6.07) is 18.3. The van der Waals surface area contributed by atoms with Gasteiger partial charge < -0.3 is 4.90 Å². The zero-order valence-corrected chi connectivity index (χ0v) is 15.3. The summed E-state index contributed by atoms with van der Waals surface area (Å²) >= 11 is 0. The van der Waals surface area contributed by atoms with Crippen LogP contribution in [0.5, 0.6) is 0 Å². The minimum absolute atomic E-state index is 0.0777. The monoisotopic (exact) mass is 357 g/mol.